The minimum absolute atomic E-state index is 0.369. The molecule has 1 rings (SSSR count). The van der Waals surface area contributed by atoms with Gasteiger partial charge in [0, 0.05) is 33.2 Å². The highest BCUT2D eigenvalue weighted by Crippen LogP contribution is 2.07. The Morgan fingerprint density at radius 3 is 2.29 bits per heavy atom. The maximum absolute atomic E-state index is 11.5. The molecule has 24 heavy (non-hydrogen) atoms. The lowest BCUT2D eigenvalue weighted by atomic mass is 10.1. The molecule has 0 aromatic heterocycles. The Balaban J connectivity index is 2.04. The van der Waals surface area contributed by atoms with Gasteiger partial charge in [0.05, 0.1) is 0 Å². The molecule has 0 aromatic rings. The zero-order valence-corrected chi connectivity index (χ0v) is 15.8. The van der Waals surface area contributed by atoms with E-state index in [0.717, 1.165) is 32.0 Å². The fourth-order valence-corrected chi connectivity index (χ4v) is 2.54. The lowest BCUT2D eigenvalue weighted by Gasteiger charge is -2.26. The van der Waals surface area contributed by atoms with E-state index in [4.69, 9.17) is 4.74 Å². The van der Waals surface area contributed by atoms with Crippen LogP contribution in [0.1, 0.15) is 46.5 Å². The number of hydrogen-bond donors (Lipinski definition) is 3. The molecule has 1 aliphatic heterocycles. The highest BCUT2D eigenvalue weighted by molar-refractivity contribution is 5.79. The molecule has 1 aliphatic rings. The van der Waals surface area contributed by atoms with Crippen molar-refractivity contribution in [2.45, 2.75) is 52.1 Å². The number of piperidine rings is 1. The fourth-order valence-electron chi connectivity index (χ4n) is 2.54. The molecule has 7 heteroatoms. The second kappa shape index (κ2) is 11.1. The molecular formula is C17H35N5O2. The summed E-state index contributed by atoms with van der Waals surface area (Å²) in [6.45, 7) is 11.3. The fraction of sp³-hybridized carbons (Fsp3) is 0.882. The van der Waals surface area contributed by atoms with Gasteiger partial charge in [0.15, 0.2) is 5.96 Å². The molecule has 1 saturated heterocycles. The monoisotopic (exact) mass is 341 g/mol. The summed E-state index contributed by atoms with van der Waals surface area (Å²) in [5, 5.41) is 9.34. The Bertz CT molecular complexity index is 387. The Morgan fingerprint density at radius 2 is 1.67 bits per heavy atom. The number of alkyl carbamates (subject to hydrolysis) is 1. The topological polar surface area (TPSA) is 78.0 Å². The van der Waals surface area contributed by atoms with E-state index in [9.17, 15) is 4.79 Å². The van der Waals surface area contributed by atoms with Crippen molar-refractivity contribution in [3.05, 3.63) is 0 Å². The maximum Gasteiger partial charge on any atom is 0.407 e. The third kappa shape index (κ3) is 10.3. The molecule has 140 valence electrons. The summed E-state index contributed by atoms with van der Waals surface area (Å²) < 4.78 is 5.19. The van der Waals surface area contributed by atoms with E-state index in [1.54, 1.807) is 7.05 Å². The number of hydrogen-bond acceptors (Lipinski definition) is 4. The summed E-state index contributed by atoms with van der Waals surface area (Å²) in [6.07, 6.45) is 4.44. The molecule has 0 bridgehead atoms. The number of rotatable bonds is 7. The number of amides is 1. The molecule has 0 unspecified atom stereocenters. The largest absolute Gasteiger partial charge is 0.444 e. The number of carbonyl (C=O) groups excluding carboxylic acids is 1. The van der Waals surface area contributed by atoms with Gasteiger partial charge in [-0.05, 0) is 53.1 Å². The number of ether oxygens (including phenoxy) is 1. The van der Waals surface area contributed by atoms with Crippen molar-refractivity contribution in [3.8, 4) is 0 Å². The van der Waals surface area contributed by atoms with Crippen LogP contribution in [0.4, 0.5) is 4.79 Å². The summed E-state index contributed by atoms with van der Waals surface area (Å²) in [5.74, 6) is 0.810. The van der Waals surface area contributed by atoms with Gasteiger partial charge in [0.1, 0.15) is 5.60 Å². The van der Waals surface area contributed by atoms with E-state index in [1.165, 1.54) is 32.4 Å². The van der Waals surface area contributed by atoms with Gasteiger partial charge in [-0.3, -0.25) is 4.99 Å². The Kier molecular flexibility index (Phi) is 9.52. The van der Waals surface area contributed by atoms with Crippen molar-refractivity contribution in [2.75, 3.05) is 46.3 Å². The van der Waals surface area contributed by atoms with Crippen molar-refractivity contribution >= 4 is 12.1 Å². The number of guanidine groups is 1. The second-order valence-electron chi connectivity index (χ2n) is 7.11. The summed E-state index contributed by atoms with van der Waals surface area (Å²) >= 11 is 0. The Morgan fingerprint density at radius 1 is 1.04 bits per heavy atom. The van der Waals surface area contributed by atoms with Gasteiger partial charge in [-0.15, -0.1) is 0 Å². The summed E-state index contributed by atoms with van der Waals surface area (Å²) in [6, 6.07) is 0. The van der Waals surface area contributed by atoms with Gasteiger partial charge in [0.25, 0.3) is 0 Å². The van der Waals surface area contributed by atoms with Gasteiger partial charge in [-0.25, -0.2) is 4.79 Å². The molecule has 0 aliphatic carbocycles. The van der Waals surface area contributed by atoms with E-state index < -0.39 is 5.60 Å². The Hall–Kier alpha value is -1.50. The van der Waals surface area contributed by atoms with Crippen LogP contribution < -0.4 is 16.0 Å². The van der Waals surface area contributed by atoms with E-state index in [-0.39, 0.29) is 6.09 Å². The molecule has 0 atom stereocenters. The number of nitrogens with one attached hydrogen (secondary N) is 3. The molecule has 0 radical (unpaired) electrons. The molecule has 1 fully saturated rings. The third-order valence-electron chi connectivity index (χ3n) is 3.71. The van der Waals surface area contributed by atoms with Crippen molar-refractivity contribution in [1.82, 2.24) is 20.9 Å². The molecule has 1 amide bonds. The van der Waals surface area contributed by atoms with Crippen LogP contribution in [0, 0.1) is 0 Å². The van der Waals surface area contributed by atoms with E-state index in [2.05, 4.69) is 25.8 Å². The van der Waals surface area contributed by atoms with Gasteiger partial charge >= 0.3 is 6.09 Å². The summed E-state index contributed by atoms with van der Waals surface area (Å²) in [7, 11) is 1.77. The molecule has 0 spiro atoms. The SMILES string of the molecule is CN=C(NCCCNC(=O)OC(C)(C)C)NCCN1CCCCC1. The highest BCUT2D eigenvalue weighted by Gasteiger charge is 2.15. The summed E-state index contributed by atoms with van der Waals surface area (Å²) in [4.78, 5) is 18.2. The quantitative estimate of drug-likeness (QED) is 0.372. The summed E-state index contributed by atoms with van der Waals surface area (Å²) in [5.41, 5.74) is -0.456. The molecule has 0 aromatic carbocycles. The average Bonchev–Trinajstić information content (AvgIpc) is 2.52. The van der Waals surface area contributed by atoms with Crippen LogP contribution in [0.2, 0.25) is 0 Å². The van der Waals surface area contributed by atoms with Crippen molar-refractivity contribution < 1.29 is 9.53 Å². The van der Waals surface area contributed by atoms with Crippen LogP contribution in [0.15, 0.2) is 4.99 Å². The van der Waals surface area contributed by atoms with Crippen LogP contribution in [-0.4, -0.2) is 68.9 Å². The zero-order chi connectivity index (χ0) is 17.8. The molecular weight excluding hydrogens is 306 g/mol. The molecule has 0 saturated carbocycles. The first-order valence-corrected chi connectivity index (χ1v) is 9.04. The lowest BCUT2D eigenvalue weighted by molar-refractivity contribution is 0.0527. The predicted octanol–water partition coefficient (Wildman–Crippen LogP) is 1.55. The lowest BCUT2D eigenvalue weighted by Crippen LogP contribution is -2.43. The first kappa shape index (κ1) is 20.5. The van der Waals surface area contributed by atoms with Crippen LogP contribution >= 0.6 is 0 Å². The third-order valence-corrected chi connectivity index (χ3v) is 3.71. The zero-order valence-electron chi connectivity index (χ0n) is 15.8. The minimum atomic E-state index is -0.456. The van der Waals surface area contributed by atoms with E-state index in [1.807, 2.05) is 20.8 Å². The molecule has 7 nitrogen and oxygen atoms in total. The average molecular weight is 342 g/mol. The predicted molar refractivity (Wildman–Crippen MR) is 98.5 cm³/mol. The molecule has 1 heterocycles. The minimum Gasteiger partial charge on any atom is -0.444 e. The van der Waals surface area contributed by atoms with Gasteiger partial charge in [-0.1, -0.05) is 6.42 Å². The normalized spacial score (nSPS) is 16.6. The maximum atomic E-state index is 11.5. The number of carbonyl (C=O) groups is 1. The number of aliphatic imine (C=N–C) groups is 1. The van der Waals surface area contributed by atoms with Crippen molar-refractivity contribution in [2.24, 2.45) is 4.99 Å². The van der Waals surface area contributed by atoms with Crippen molar-refractivity contribution in [3.63, 3.8) is 0 Å². The van der Waals surface area contributed by atoms with Crippen LogP contribution in [0.25, 0.3) is 0 Å². The first-order valence-electron chi connectivity index (χ1n) is 9.04. The van der Waals surface area contributed by atoms with Gasteiger partial charge in [-0.2, -0.15) is 0 Å². The smallest absolute Gasteiger partial charge is 0.407 e. The van der Waals surface area contributed by atoms with Crippen LogP contribution in [-0.2, 0) is 4.74 Å². The standard InChI is InChI=1S/C17H35N5O2/c1-17(2,3)24-16(23)21-10-8-9-19-15(18-4)20-11-14-22-12-6-5-7-13-22/h5-14H2,1-4H3,(H,21,23)(H2,18,19,20). The van der Waals surface area contributed by atoms with Crippen molar-refractivity contribution in [1.29, 1.82) is 0 Å². The van der Waals surface area contributed by atoms with Crippen LogP contribution in [0.3, 0.4) is 0 Å². The number of nitrogens with zero attached hydrogens (tertiary/aromatic N) is 2. The second-order valence-corrected chi connectivity index (χ2v) is 7.11. The van der Waals surface area contributed by atoms with Crippen LogP contribution in [0.5, 0.6) is 0 Å². The highest BCUT2D eigenvalue weighted by atomic mass is 16.6. The molecule has 3 N–H and O–H groups in total. The van der Waals surface area contributed by atoms with Gasteiger partial charge < -0.3 is 25.6 Å². The van der Waals surface area contributed by atoms with E-state index >= 15 is 0 Å². The Labute approximate surface area is 146 Å². The first-order chi connectivity index (χ1) is 11.4. The van der Waals surface area contributed by atoms with Gasteiger partial charge in [0.2, 0.25) is 0 Å². The van der Waals surface area contributed by atoms with E-state index in [0.29, 0.717) is 6.54 Å². The number of likely N-dealkylation sites (tertiary alicyclic amines) is 1.